The van der Waals surface area contributed by atoms with Crippen LogP contribution >= 0.6 is 11.3 Å². The maximum Gasteiger partial charge on any atom is 0.350 e. The van der Waals surface area contributed by atoms with Gasteiger partial charge in [0.15, 0.2) is 0 Å². The van der Waals surface area contributed by atoms with Crippen LogP contribution < -0.4 is 5.73 Å². The first-order valence-corrected chi connectivity index (χ1v) is 4.55. The highest BCUT2D eigenvalue weighted by Gasteiger charge is 2.09. The van der Waals surface area contributed by atoms with Crippen LogP contribution in [0.1, 0.15) is 23.5 Å². The summed E-state index contributed by atoms with van der Waals surface area (Å²) in [5.74, 6) is -0.368. The zero-order valence-corrected chi connectivity index (χ0v) is 8.27. The molecule has 0 bridgehead atoms. The van der Waals surface area contributed by atoms with Gasteiger partial charge in [0, 0.05) is 0 Å². The van der Waals surface area contributed by atoms with Crippen molar-refractivity contribution >= 4 is 23.0 Å². The van der Waals surface area contributed by atoms with Gasteiger partial charge in [-0.15, -0.1) is 11.3 Å². The number of methoxy groups -OCH3 is 1. The van der Waals surface area contributed by atoms with E-state index in [9.17, 15) is 4.79 Å². The Kier molecular flexibility index (Phi) is 5.12. The lowest BCUT2D eigenvalue weighted by Gasteiger charge is -1.94. The summed E-state index contributed by atoms with van der Waals surface area (Å²) < 4.78 is 4.47. The molecule has 0 saturated heterocycles. The van der Waals surface area contributed by atoms with E-state index in [0.717, 1.165) is 0 Å². The van der Waals surface area contributed by atoms with Crippen molar-refractivity contribution in [3.8, 4) is 0 Å². The molecule has 0 unspecified atom stereocenters. The molecule has 0 spiro atoms. The summed E-state index contributed by atoms with van der Waals surface area (Å²) in [5.41, 5.74) is 5.91. The van der Waals surface area contributed by atoms with Crippen molar-refractivity contribution in [3.63, 3.8) is 0 Å². The quantitative estimate of drug-likeness (QED) is 0.685. The van der Waals surface area contributed by atoms with E-state index in [1.807, 2.05) is 13.8 Å². The van der Waals surface area contributed by atoms with Gasteiger partial charge >= 0.3 is 5.97 Å². The van der Waals surface area contributed by atoms with Crippen LogP contribution in [-0.4, -0.2) is 13.1 Å². The molecule has 0 fully saturated rings. The van der Waals surface area contributed by atoms with Crippen molar-refractivity contribution in [2.75, 3.05) is 12.8 Å². The van der Waals surface area contributed by atoms with E-state index in [4.69, 9.17) is 5.73 Å². The van der Waals surface area contributed by atoms with Crippen LogP contribution in [0.4, 0.5) is 5.69 Å². The third kappa shape index (κ3) is 2.54. The summed E-state index contributed by atoms with van der Waals surface area (Å²) in [7, 11) is 1.33. The van der Waals surface area contributed by atoms with Crippen LogP contribution in [0.5, 0.6) is 0 Å². The molecule has 0 aliphatic heterocycles. The lowest BCUT2D eigenvalue weighted by molar-refractivity contribution is 0.0607. The lowest BCUT2D eigenvalue weighted by Crippen LogP contribution is -2.00. The molecule has 0 atom stereocenters. The number of anilines is 1. The number of rotatable bonds is 1. The monoisotopic (exact) mass is 187 g/mol. The molecule has 1 aromatic rings. The van der Waals surface area contributed by atoms with Gasteiger partial charge in [-0.05, 0) is 11.4 Å². The van der Waals surface area contributed by atoms with Crippen LogP contribution in [-0.2, 0) is 4.74 Å². The van der Waals surface area contributed by atoms with Crippen LogP contribution in [0.2, 0.25) is 0 Å². The van der Waals surface area contributed by atoms with Gasteiger partial charge in [-0.3, -0.25) is 0 Å². The minimum Gasteiger partial charge on any atom is -0.465 e. The van der Waals surface area contributed by atoms with Gasteiger partial charge in [-0.25, -0.2) is 4.79 Å². The molecule has 0 aliphatic rings. The van der Waals surface area contributed by atoms with E-state index < -0.39 is 0 Å². The summed E-state index contributed by atoms with van der Waals surface area (Å²) >= 11 is 1.28. The predicted molar refractivity (Wildman–Crippen MR) is 51.4 cm³/mol. The number of ether oxygens (including phenoxy) is 1. The van der Waals surface area contributed by atoms with Crippen molar-refractivity contribution < 1.29 is 9.53 Å². The molecule has 1 aromatic heterocycles. The first kappa shape index (κ1) is 11.0. The molecule has 12 heavy (non-hydrogen) atoms. The fraction of sp³-hybridized carbons (Fsp3) is 0.375. The van der Waals surface area contributed by atoms with E-state index in [2.05, 4.69) is 4.74 Å². The Labute approximate surface area is 76.2 Å². The van der Waals surface area contributed by atoms with E-state index in [0.29, 0.717) is 10.6 Å². The minimum absolute atomic E-state index is 0.368. The summed E-state index contributed by atoms with van der Waals surface area (Å²) in [5, 5.41) is 1.75. The molecule has 2 N–H and O–H groups in total. The summed E-state index contributed by atoms with van der Waals surface area (Å²) in [4.78, 5) is 11.3. The Morgan fingerprint density at radius 1 is 1.58 bits per heavy atom. The number of carbonyl (C=O) groups excluding carboxylic acids is 1. The van der Waals surface area contributed by atoms with Crippen LogP contribution in [0, 0.1) is 0 Å². The Hall–Kier alpha value is -1.03. The maximum absolute atomic E-state index is 10.8. The number of esters is 1. The summed E-state index contributed by atoms with van der Waals surface area (Å²) in [6.45, 7) is 4.00. The fourth-order valence-corrected chi connectivity index (χ4v) is 1.31. The number of carbonyl (C=O) groups is 1. The number of hydrogen-bond donors (Lipinski definition) is 1. The van der Waals surface area contributed by atoms with Crippen molar-refractivity contribution in [2.45, 2.75) is 13.8 Å². The Morgan fingerprint density at radius 2 is 2.17 bits per heavy atom. The largest absolute Gasteiger partial charge is 0.465 e. The number of hydrogen-bond acceptors (Lipinski definition) is 4. The van der Waals surface area contributed by atoms with E-state index in [1.165, 1.54) is 18.4 Å². The molecular weight excluding hydrogens is 174 g/mol. The standard InChI is InChI=1S/C6H7NO2S.C2H6/c1-9-6(8)5-4(7)2-3-10-5;1-2/h2-3H,7H2,1H3;1-2H3. The molecule has 1 rings (SSSR count). The average molecular weight is 187 g/mol. The summed E-state index contributed by atoms with van der Waals surface area (Å²) in [6, 6.07) is 1.68. The predicted octanol–water partition coefficient (Wildman–Crippen LogP) is 2.14. The van der Waals surface area contributed by atoms with Gasteiger partial charge in [0.1, 0.15) is 4.88 Å². The van der Waals surface area contributed by atoms with Gasteiger partial charge < -0.3 is 10.5 Å². The average Bonchev–Trinajstić information content (AvgIpc) is 2.54. The zero-order valence-electron chi connectivity index (χ0n) is 7.46. The first-order valence-electron chi connectivity index (χ1n) is 3.67. The van der Waals surface area contributed by atoms with Gasteiger partial charge in [0.2, 0.25) is 0 Å². The second-order valence-electron chi connectivity index (χ2n) is 1.70. The molecular formula is C8H13NO2S. The number of nitrogens with two attached hydrogens (primary N) is 1. The molecule has 0 saturated carbocycles. The molecule has 3 nitrogen and oxygen atoms in total. The topological polar surface area (TPSA) is 52.3 Å². The SMILES string of the molecule is CC.COC(=O)c1sccc1N. The van der Waals surface area contributed by atoms with E-state index in [1.54, 1.807) is 11.4 Å². The Bertz CT molecular complexity index is 245. The van der Waals surface area contributed by atoms with Crippen LogP contribution in [0.3, 0.4) is 0 Å². The van der Waals surface area contributed by atoms with Crippen LogP contribution in [0.15, 0.2) is 11.4 Å². The smallest absolute Gasteiger partial charge is 0.350 e. The van der Waals surface area contributed by atoms with E-state index in [-0.39, 0.29) is 5.97 Å². The summed E-state index contributed by atoms with van der Waals surface area (Å²) in [6.07, 6.45) is 0. The third-order valence-corrected chi connectivity index (χ3v) is 1.98. The molecule has 1 heterocycles. The van der Waals surface area contributed by atoms with Crippen molar-refractivity contribution in [2.24, 2.45) is 0 Å². The fourth-order valence-electron chi connectivity index (χ4n) is 0.578. The second-order valence-corrected chi connectivity index (χ2v) is 2.61. The number of thiophene rings is 1. The number of nitrogen functional groups attached to an aromatic ring is 1. The van der Waals surface area contributed by atoms with Crippen molar-refractivity contribution in [3.05, 3.63) is 16.3 Å². The van der Waals surface area contributed by atoms with Crippen molar-refractivity contribution in [1.82, 2.24) is 0 Å². The molecule has 0 amide bonds. The maximum atomic E-state index is 10.8. The molecule has 0 radical (unpaired) electrons. The third-order valence-electron chi connectivity index (χ3n) is 1.07. The first-order chi connectivity index (χ1) is 5.75. The second kappa shape index (κ2) is 5.60. The van der Waals surface area contributed by atoms with Gasteiger partial charge in [0.05, 0.1) is 12.8 Å². The van der Waals surface area contributed by atoms with Gasteiger partial charge in [0.25, 0.3) is 0 Å². The molecule has 0 aromatic carbocycles. The van der Waals surface area contributed by atoms with Gasteiger partial charge in [-0.1, -0.05) is 13.8 Å². The lowest BCUT2D eigenvalue weighted by atomic mass is 10.4. The van der Waals surface area contributed by atoms with Crippen molar-refractivity contribution in [1.29, 1.82) is 0 Å². The highest BCUT2D eigenvalue weighted by Crippen LogP contribution is 2.18. The van der Waals surface area contributed by atoms with Crippen LogP contribution in [0.25, 0.3) is 0 Å². The van der Waals surface area contributed by atoms with E-state index >= 15 is 0 Å². The highest BCUT2D eigenvalue weighted by atomic mass is 32.1. The zero-order chi connectivity index (χ0) is 9.56. The molecule has 0 aliphatic carbocycles. The minimum atomic E-state index is -0.368. The normalized spacial score (nSPS) is 8.25. The van der Waals surface area contributed by atoms with Gasteiger partial charge in [-0.2, -0.15) is 0 Å². The highest BCUT2D eigenvalue weighted by molar-refractivity contribution is 7.12. The Morgan fingerprint density at radius 3 is 2.50 bits per heavy atom. The Balaban J connectivity index is 0.000000561. The molecule has 4 heteroatoms. The molecule has 68 valence electrons.